The number of carbonyl (C=O) groups is 1. The van der Waals surface area contributed by atoms with Crippen LogP contribution in [0, 0.1) is 5.41 Å². The van der Waals surface area contributed by atoms with Crippen molar-refractivity contribution in [1.29, 1.82) is 0 Å². The van der Waals surface area contributed by atoms with Crippen molar-refractivity contribution in [2.75, 3.05) is 0 Å². The number of hydrogen-bond acceptors (Lipinski definition) is 1. The van der Waals surface area contributed by atoms with Gasteiger partial charge in [0.15, 0.2) is 0 Å². The van der Waals surface area contributed by atoms with Crippen molar-refractivity contribution in [3.8, 4) is 0 Å². The molecule has 0 unspecified atom stereocenters. The summed E-state index contributed by atoms with van der Waals surface area (Å²) in [7, 11) is 0. The topological polar surface area (TPSA) is 37.3 Å². The number of allylic oxidation sites excluding steroid dienone is 2. The molecule has 0 spiro atoms. The smallest absolute Gasteiger partial charge is 0.310 e. The number of hydrogen-bond donors (Lipinski definition) is 1. The predicted octanol–water partition coefficient (Wildman–Crippen LogP) is 3.40. The van der Waals surface area contributed by atoms with Gasteiger partial charge in [0.25, 0.3) is 0 Å². The monoisotopic (exact) mass is 196 g/mol. The summed E-state index contributed by atoms with van der Waals surface area (Å²) >= 11 is 0. The van der Waals surface area contributed by atoms with E-state index in [-0.39, 0.29) is 0 Å². The molecule has 0 atom stereocenters. The molecule has 0 rings (SSSR count). The van der Waals surface area contributed by atoms with Crippen molar-refractivity contribution in [1.82, 2.24) is 0 Å². The minimum atomic E-state index is -0.731. The number of carboxylic acids is 1. The van der Waals surface area contributed by atoms with Crippen LogP contribution in [0.25, 0.3) is 0 Å². The van der Waals surface area contributed by atoms with E-state index < -0.39 is 11.4 Å². The fourth-order valence-electron chi connectivity index (χ4n) is 1.64. The lowest BCUT2D eigenvalue weighted by Crippen LogP contribution is -2.30. The highest BCUT2D eigenvalue weighted by Crippen LogP contribution is 2.34. The van der Waals surface area contributed by atoms with Gasteiger partial charge >= 0.3 is 5.97 Å². The van der Waals surface area contributed by atoms with Crippen LogP contribution in [-0.4, -0.2) is 11.1 Å². The Kier molecular flexibility index (Phi) is 5.93. The highest BCUT2D eigenvalue weighted by atomic mass is 16.4. The van der Waals surface area contributed by atoms with Crippen LogP contribution in [-0.2, 0) is 4.79 Å². The van der Waals surface area contributed by atoms with E-state index in [9.17, 15) is 9.90 Å². The van der Waals surface area contributed by atoms with E-state index in [0.29, 0.717) is 19.3 Å². The zero-order valence-electron chi connectivity index (χ0n) is 8.96. The van der Waals surface area contributed by atoms with Crippen LogP contribution >= 0.6 is 0 Å². The largest absolute Gasteiger partial charge is 0.481 e. The van der Waals surface area contributed by atoms with Gasteiger partial charge in [-0.1, -0.05) is 31.9 Å². The standard InChI is InChI=1S/C12H20O2/c1-4-7-10-12(8-5-2,9-6-3)11(13)14/h5-6H,2-4,7-10H2,1H3,(H,13,14). The zero-order valence-corrected chi connectivity index (χ0v) is 8.96. The number of aliphatic carboxylic acids is 1. The van der Waals surface area contributed by atoms with Crippen LogP contribution in [0.2, 0.25) is 0 Å². The summed E-state index contributed by atoms with van der Waals surface area (Å²) in [5.74, 6) is -0.731. The molecule has 0 bridgehead atoms. The highest BCUT2D eigenvalue weighted by Gasteiger charge is 2.34. The predicted molar refractivity (Wildman–Crippen MR) is 59.2 cm³/mol. The summed E-state index contributed by atoms with van der Waals surface area (Å²) in [5, 5.41) is 9.22. The molecule has 2 nitrogen and oxygen atoms in total. The second-order valence-electron chi connectivity index (χ2n) is 3.67. The van der Waals surface area contributed by atoms with E-state index in [1.165, 1.54) is 0 Å². The fourth-order valence-corrected chi connectivity index (χ4v) is 1.64. The first-order valence-electron chi connectivity index (χ1n) is 5.08. The Morgan fingerprint density at radius 2 is 1.86 bits per heavy atom. The summed E-state index contributed by atoms with van der Waals surface area (Å²) in [6, 6.07) is 0. The van der Waals surface area contributed by atoms with Crippen molar-refractivity contribution >= 4 is 5.97 Å². The van der Waals surface area contributed by atoms with Crippen LogP contribution in [0.15, 0.2) is 25.3 Å². The van der Waals surface area contributed by atoms with E-state index in [2.05, 4.69) is 20.1 Å². The molecule has 0 aromatic heterocycles. The molecule has 0 aliphatic carbocycles. The van der Waals surface area contributed by atoms with Gasteiger partial charge in [0.1, 0.15) is 0 Å². The van der Waals surface area contributed by atoms with Crippen LogP contribution in [0.3, 0.4) is 0 Å². The van der Waals surface area contributed by atoms with Gasteiger partial charge in [-0.2, -0.15) is 0 Å². The van der Waals surface area contributed by atoms with Gasteiger partial charge in [-0.3, -0.25) is 4.79 Å². The molecule has 0 aromatic carbocycles. The molecule has 0 saturated carbocycles. The molecule has 0 saturated heterocycles. The molecule has 80 valence electrons. The molecule has 0 fully saturated rings. The Hall–Kier alpha value is -1.05. The third-order valence-electron chi connectivity index (χ3n) is 2.53. The van der Waals surface area contributed by atoms with Gasteiger partial charge in [0.2, 0.25) is 0 Å². The van der Waals surface area contributed by atoms with Crippen LogP contribution in [0.1, 0.15) is 39.0 Å². The molecule has 0 amide bonds. The van der Waals surface area contributed by atoms with E-state index >= 15 is 0 Å². The summed E-state index contributed by atoms with van der Waals surface area (Å²) in [4.78, 5) is 11.2. The first-order chi connectivity index (χ1) is 6.63. The van der Waals surface area contributed by atoms with E-state index in [1.54, 1.807) is 12.2 Å². The Morgan fingerprint density at radius 3 is 2.14 bits per heavy atom. The van der Waals surface area contributed by atoms with Crippen molar-refractivity contribution in [3.63, 3.8) is 0 Å². The lowest BCUT2D eigenvalue weighted by Gasteiger charge is -2.26. The number of rotatable bonds is 8. The van der Waals surface area contributed by atoms with Crippen LogP contribution in [0.5, 0.6) is 0 Å². The molecule has 0 aromatic rings. The molecule has 0 aliphatic rings. The Balaban J connectivity index is 4.62. The maximum atomic E-state index is 11.2. The lowest BCUT2D eigenvalue weighted by molar-refractivity contribution is -0.149. The minimum absolute atomic E-state index is 0.522. The summed E-state index contributed by atoms with van der Waals surface area (Å²) in [6.07, 6.45) is 7.08. The summed E-state index contributed by atoms with van der Waals surface area (Å²) in [5.41, 5.74) is -0.667. The number of unbranched alkanes of at least 4 members (excludes halogenated alkanes) is 1. The first-order valence-corrected chi connectivity index (χ1v) is 5.08. The second-order valence-corrected chi connectivity index (χ2v) is 3.67. The Morgan fingerprint density at radius 1 is 1.36 bits per heavy atom. The maximum Gasteiger partial charge on any atom is 0.310 e. The zero-order chi connectivity index (χ0) is 11.0. The van der Waals surface area contributed by atoms with E-state index in [4.69, 9.17) is 0 Å². The van der Waals surface area contributed by atoms with Gasteiger partial charge in [0, 0.05) is 0 Å². The molecule has 0 radical (unpaired) electrons. The first kappa shape index (κ1) is 12.9. The molecule has 0 heterocycles. The van der Waals surface area contributed by atoms with Crippen molar-refractivity contribution in [3.05, 3.63) is 25.3 Å². The molecule has 1 N–H and O–H groups in total. The maximum absolute atomic E-state index is 11.2. The van der Waals surface area contributed by atoms with E-state index in [0.717, 1.165) is 12.8 Å². The van der Waals surface area contributed by atoms with Gasteiger partial charge in [0.05, 0.1) is 5.41 Å². The fraction of sp³-hybridized carbons (Fsp3) is 0.583. The van der Waals surface area contributed by atoms with Crippen LogP contribution in [0.4, 0.5) is 0 Å². The molecule has 0 aliphatic heterocycles. The Bertz CT molecular complexity index is 196. The SMILES string of the molecule is C=CCC(CC=C)(CCCC)C(=O)O. The third kappa shape index (κ3) is 3.36. The van der Waals surface area contributed by atoms with Gasteiger partial charge in [-0.25, -0.2) is 0 Å². The van der Waals surface area contributed by atoms with Gasteiger partial charge in [-0.05, 0) is 19.3 Å². The van der Waals surface area contributed by atoms with Gasteiger partial charge in [-0.15, -0.1) is 13.2 Å². The minimum Gasteiger partial charge on any atom is -0.481 e. The summed E-state index contributed by atoms with van der Waals surface area (Å²) in [6.45, 7) is 9.31. The quantitative estimate of drug-likeness (QED) is 0.604. The third-order valence-corrected chi connectivity index (χ3v) is 2.53. The average Bonchev–Trinajstić information content (AvgIpc) is 2.14. The van der Waals surface area contributed by atoms with Gasteiger partial charge < -0.3 is 5.11 Å². The normalized spacial score (nSPS) is 10.9. The van der Waals surface area contributed by atoms with E-state index in [1.807, 2.05) is 0 Å². The van der Waals surface area contributed by atoms with Crippen molar-refractivity contribution < 1.29 is 9.90 Å². The average molecular weight is 196 g/mol. The lowest BCUT2D eigenvalue weighted by atomic mass is 9.77. The second kappa shape index (κ2) is 6.41. The molecular weight excluding hydrogens is 176 g/mol. The molecule has 14 heavy (non-hydrogen) atoms. The molecule has 2 heteroatoms. The molecular formula is C12H20O2. The van der Waals surface area contributed by atoms with Crippen molar-refractivity contribution in [2.24, 2.45) is 5.41 Å². The Labute approximate surface area is 86.3 Å². The van der Waals surface area contributed by atoms with Crippen molar-refractivity contribution in [2.45, 2.75) is 39.0 Å². The highest BCUT2D eigenvalue weighted by molar-refractivity contribution is 5.75. The number of carboxylic acid groups (broad SMARTS) is 1. The summed E-state index contributed by atoms with van der Waals surface area (Å²) < 4.78 is 0. The van der Waals surface area contributed by atoms with Crippen LogP contribution < -0.4 is 0 Å².